The Morgan fingerprint density at radius 2 is 1.83 bits per heavy atom. The van der Waals surface area contributed by atoms with Gasteiger partial charge in [-0.15, -0.1) is 0 Å². The summed E-state index contributed by atoms with van der Waals surface area (Å²) in [6.45, 7) is 1.91. The molecule has 0 amide bonds. The fraction of sp³-hybridized carbons (Fsp3) is 0.231. The number of halogens is 1. The van der Waals surface area contributed by atoms with Gasteiger partial charge < -0.3 is 9.47 Å². The van der Waals surface area contributed by atoms with Gasteiger partial charge in [-0.1, -0.05) is 0 Å². The van der Waals surface area contributed by atoms with Crippen LogP contribution in [-0.2, 0) is 0 Å². The molecule has 5 heteroatoms. The van der Waals surface area contributed by atoms with E-state index in [1.165, 1.54) is 0 Å². The average molecular weight is 309 g/mol. The van der Waals surface area contributed by atoms with Crippen LogP contribution < -0.4 is 9.47 Å². The van der Waals surface area contributed by atoms with Gasteiger partial charge in [-0.3, -0.25) is 0 Å². The number of hydrogen-bond acceptors (Lipinski definition) is 4. The number of aromatic nitrogens is 2. The Morgan fingerprint density at radius 3 is 2.44 bits per heavy atom. The van der Waals surface area contributed by atoms with Gasteiger partial charge in [-0.2, -0.15) is 4.98 Å². The van der Waals surface area contributed by atoms with E-state index < -0.39 is 0 Å². The molecule has 0 unspecified atom stereocenters. The van der Waals surface area contributed by atoms with Crippen LogP contribution in [0, 0.1) is 6.92 Å². The SMILES string of the molecule is COc1nc(C)cc(-c2ccc(OC)c(Br)c2)n1. The van der Waals surface area contributed by atoms with Crippen LogP contribution in [0.25, 0.3) is 11.3 Å². The van der Waals surface area contributed by atoms with Crippen molar-refractivity contribution in [2.45, 2.75) is 6.92 Å². The average Bonchev–Trinajstić information content (AvgIpc) is 2.37. The molecular weight excluding hydrogens is 296 g/mol. The Labute approximate surface area is 114 Å². The van der Waals surface area contributed by atoms with Crippen molar-refractivity contribution in [1.29, 1.82) is 0 Å². The molecule has 0 radical (unpaired) electrons. The molecule has 1 aromatic heterocycles. The van der Waals surface area contributed by atoms with Gasteiger partial charge in [0.25, 0.3) is 0 Å². The maximum absolute atomic E-state index is 5.20. The Bertz CT molecular complexity index is 573. The summed E-state index contributed by atoms with van der Waals surface area (Å²) >= 11 is 3.46. The predicted molar refractivity (Wildman–Crippen MR) is 73.0 cm³/mol. The summed E-state index contributed by atoms with van der Waals surface area (Å²) in [4.78, 5) is 8.49. The highest BCUT2D eigenvalue weighted by molar-refractivity contribution is 9.10. The number of nitrogens with zero attached hydrogens (tertiary/aromatic N) is 2. The van der Waals surface area contributed by atoms with Gasteiger partial charge in [0.05, 0.1) is 24.4 Å². The molecule has 2 aromatic rings. The number of aryl methyl sites for hydroxylation is 1. The van der Waals surface area contributed by atoms with Gasteiger partial charge in [0.15, 0.2) is 0 Å². The standard InChI is InChI=1S/C13H13BrN2O2/c1-8-6-11(16-13(15-8)18-3)9-4-5-12(17-2)10(14)7-9/h4-7H,1-3H3. The van der Waals surface area contributed by atoms with Gasteiger partial charge >= 0.3 is 6.01 Å². The zero-order chi connectivity index (χ0) is 13.1. The van der Waals surface area contributed by atoms with E-state index in [2.05, 4.69) is 25.9 Å². The lowest BCUT2D eigenvalue weighted by atomic mass is 10.1. The summed E-state index contributed by atoms with van der Waals surface area (Å²) in [5.74, 6) is 0.788. The first-order valence-electron chi connectivity index (χ1n) is 5.37. The third kappa shape index (κ3) is 2.61. The van der Waals surface area contributed by atoms with Crippen LogP contribution in [0.2, 0.25) is 0 Å². The maximum atomic E-state index is 5.20. The largest absolute Gasteiger partial charge is 0.496 e. The van der Waals surface area contributed by atoms with E-state index in [9.17, 15) is 0 Å². The summed E-state index contributed by atoms with van der Waals surface area (Å²) in [6, 6.07) is 8.09. The summed E-state index contributed by atoms with van der Waals surface area (Å²) in [7, 11) is 3.19. The molecule has 0 saturated heterocycles. The number of methoxy groups -OCH3 is 2. The van der Waals surface area contributed by atoms with Gasteiger partial charge in [0.2, 0.25) is 0 Å². The predicted octanol–water partition coefficient (Wildman–Crippen LogP) is 3.23. The number of rotatable bonds is 3. The monoisotopic (exact) mass is 308 g/mol. The minimum atomic E-state index is 0.372. The Morgan fingerprint density at radius 1 is 1.06 bits per heavy atom. The van der Waals surface area contributed by atoms with Crippen molar-refractivity contribution in [2.75, 3.05) is 14.2 Å². The zero-order valence-electron chi connectivity index (χ0n) is 10.4. The quantitative estimate of drug-likeness (QED) is 0.873. The normalized spacial score (nSPS) is 10.2. The number of hydrogen-bond donors (Lipinski definition) is 0. The minimum absolute atomic E-state index is 0.372. The van der Waals surface area contributed by atoms with Crippen molar-refractivity contribution in [3.05, 3.63) is 34.4 Å². The summed E-state index contributed by atoms with van der Waals surface area (Å²) in [6.07, 6.45) is 0. The maximum Gasteiger partial charge on any atom is 0.316 e. The molecule has 0 aliphatic rings. The molecule has 0 fully saturated rings. The lowest BCUT2D eigenvalue weighted by Crippen LogP contribution is -1.96. The van der Waals surface area contributed by atoms with Crippen LogP contribution in [0.5, 0.6) is 11.8 Å². The highest BCUT2D eigenvalue weighted by Crippen LogP contribution is 2.30. The second-order valence-electron chi connectivity index (χ2n) is 3.73. The van der Waals surface area contributed by atoms with Crippen LogP contribution in [0.4, 0.5) is 0 Å². The van der Waals surface area contributed by atoms with Crippen molar-refractivity contribution in [1.82, 2.24) is 9.97 Å². The molecule has 4 nitrogen and oxygen atoms in total. The third-order valence-corrected chi connectivity index (χ3v) is 3.08. The van der Waals surface area contributed by atoms with Crippen LogP contribution in [0.3, 0.4) is 0 Å². The molecule has 0 spiro atoms. The third-order valence-electron chi connectivity index (χ3n) is 2.46. The van der Waals surface area contributed by atoms with Gasteiger partial charge in [-0.05, 0) is 47.1 Å². The molecule has 18 heavy (non-hydrogen) atoms. The van der Waals surface area contributed by atoms with Crippen molar-refractivity contribution in [2.24, 2.45) is 0 Å². The smallest absolute Gasteiger partial charge is 0.316 e. The molecule has 2 rings (SSSR count). The lowest BCUT2D eigenvalue weighted by Gasteiger charge is -2.07. The van der Waals surface area contributed by atoms with Gasteiger partial charge in [0.1, 0.15) is 5.75 Å². The van der Waals surface area contributed by atoms with Crippen molar-refractivity contribution >= 4 is 15.9 Å². The van der Waals surface area contributed by atoms with E-state index in [0.717, 1.165) is 27.2 Å². The van der Waals surface area contributed by atoms with E-state index >= 15 is 0 Å². The molecule has 94 valence electrons. The first kappa shape index (κ1) is 12.8. The molecule has 1 heterocycles. The molecule has 0 saturated carbocycles. The van der Waals surface area contributed by atoms with Crippen LogP contribution in [0.15, 0.2) is 28.7 Å². The van der Waals surface area contributed by atoms with E-state index in [4.69, 9.17) is 9.47 Å². The molecule has 0 bridgehead atoms. The second kappa shape index (κ2) is 5.35. The Hall–Kier alpha value is -1.62. The molecular formula is C13H13BrN2O2. The van der Waals surface area contributed by atoms with Gasteiger partial charge in [0, 0.05) is 11.3 Å². The van der Waals surface area contributed by atoms with Crippen molar-refractivity contribution in [3.63, 3.8) is 0 Å². The topological polar surface area (TPSA) is 44.2 Å². The summed E-state index contributed by atoms with van der Waals surface area (Å²) < 4.78 is 11.2. The first-order chi connectivity index (χ1) is 8.63. The van der Waals surface area contributed by atoms with E-state index in [1.54, 1.807) is 14.2 Å². The van der Waals surface area contributed by atoms with E-state index in [-0.39, 0.29) is 0 Å². The Kier molecular flexibility index (Phi) is 3.81. The second-order valence-corrected chi connectivity index (χ2v) is 4.58. The van der Waals surface area contributed by atoms with Crippen LogP contribution in [-0.4, -0.2) is 24.2 Å². The highest BCUT2D eigenvalue weighted by atomic mass is 79.9. The van der Waals surface area contributed by atoms with E-state index in [1.807, 2.05) is 31.2 Å². The first-order valence-corrected chi connectivity index (χ1v) is 6.17. The lowest BCUT2D eigenvalue weighted by molar-refractivity contribution is 0.379. The zero-order valence-corrected chi connectivity index (χ0v) is 12.0. The summed E-state index contributed by atoms with van der Waals surface area (Å²) in [5, 5.41) is 0. The van der Waals surface area contributed by atoms with Crippen LogP contribution in [0.1, 0.15) is 5.69 Å². The molecule has 0 aliphatic heterocycles. The summed E-state index contributed by atoms with van der Waals surface area (Å²) in [5.41, 5.74) is 2.66. The Balaban J connectivity index is 2.48. The molecule has 0 atom stereocenters. The minimum Gasteiger partial charge on any atom is -0.496 e. The van der Waals surface area contributed by atoms with E-state index in [0.29, 0.717) is 6.01 Å². The number of ether oxygens (including phenoxy) is 2. The molecule has 0 aliphatic carbocycles. The highest BCUT2D eigenvalue weighted by Gasteiger charge is 2.07. The van der Waals surface area contributed by atoms with Gasteiger partial charge in [-0.25, -0.2) is 4.98 Å². The number of benzene rings is 1. The fourth-order valence-corrected chi connectivity index (χ4v) is 2.15. The fourth-order valence-electron chi connectivity index (χ4n) is 1.61. The van der Waals surface area contributed by atoms with Crippen molar-refractivity contribution in [3.8, 4) is 23.0 Å². The molecule has 0 N–H and O–H groups in total. The van der Waals surface area contributed by atoms with Crippen LogP contribution >= 0.6 is 15.9 Å². The molecule has 1 aromatic carbocycles. The van der Waals surface area contributed by atoms with Crippen molar-refractivity contribution < 1.29 is 9.47 Å².